The van der Waals surface area contributed by atoms with E-state index in [1.54, 1.807) is 12.1 Å². The second-order valence-corrected chi connectivity index (χ2v) is 10.0. The van der Waals surface area contributed by atoms with E-state index in [9.17, 15) is 16.8 Å². The normalized spacial score (nSPS) is 20.7. The van der Waals surface area contributed by atoms with Crippen LogP contribution in [-0.2, 0) is 20.0 Å². The fourth-order valence-electron chi connectivity index (χ4n) is 3.55. The Bertz CT molecular complexity index is 711. The monoisotopic (exact) mass is 372 g/mol. The minimum Gasteiger partial charge on any atom is -0.208 e. The third-order valence-corrected chi connectivity index (χ3v) is 8.07. The number of hydrogen-bond acceptors (Lipinski definition) is 4. The lowest BCUT2D eigenvalue weighted by molar-refractivity contribution is 0.539. The highest BCUT2D eigenvalue weighted by Crippen LogP contribution is 2.26. The SMILES string of the molecule is O=S(=O)(NC1CCCC1)c1ccccc1S(=O)(=O)NC1CCCC1. The number of sulfonamides is 2. The van der Waals surface area contributed by atoms with E-state index in [2.05, 4.69) is 9.44 Å². The van der Waals surface area contributed by atoms with E-state index in [0.29, 0.717) is 0 Å². The standard InChI is InChI=1S/C16H24N2O4S2/c19-23(20,17-13-7-1-2-8-13)15-11-5-6-12-16(15)24(21,22)18-14-9-3-4-10-14/h5-6,11-14,17-18H,1-4,7-10H2. The van der Waals surface area contributed by atoms with Crippen LogP contribution in [0.4, 0.5) is 0 Å². The molecule has 24 heavy (non-hydrogen) atoms. The Morgan fingerprint density at radius 1 is 0.667 bits per heavy atom. The molecule has 2 aliphatic rings. The van der Waals surface area contributed by atoms with Gasteiger partial charge in [-0.15, -0.1) is 0 Å². The largest absolute Gasteiger partial charge is 0.242 e. The zero-order valence-corrected chi connectivity index (χ0v) is 15.2. The molecule has 2 N–H and O–H groups in total. The van der Waals surface area contributed by atoms with E-state index in [0.717, 1.165) is 51.4 Å². The summed E-state index contributed by atoms with van der Waals surface area (Å²) < 4.78 is 56.1. The minimum atomic E-state index is -3.86. The molecule has 0 heterocycles. The van der Waals surface area contributed by atoms with Crippen LogP contribution >= 0.6 is 0 Å². The van der Waals surface area contributed by atoms with Crippen molar-refractivity contribution in [2.45, 2.75) is 73.2 Å². The maximum absolute atomic E-state index is 12.7. The molecule has 0 aromatic heterocycles. The minimum absolute atomic E-state index is 0.103. The van der Waals surface area contributed by atoms with E-state index < -0.39 is 20.0 Å². The molecular weight excluding hydrogens is 348 g/mol. The average molecular weight is 373 g/mol. The predicted octanol–water partition coefficient (Wildman–Crippen LogP) is 2.13. The molecular formula is C16H24N2O4S2. The second-order valence-electron chi connectivity index (χ2n) is 6.65. The summed E-state index contributed by atoms with van der Waals surface area (Å²) in [5.41, 5.74) is 0. The maximum atomic E-state index is 12.7. The molecule has 8 heteroatoms. The first-order chi connectivity index (χ1) is 11.4. The molecule has 2 aliphatic carbocycles. The molecule has 0 saturated heterocycles. The first-order valence-corrected chi connectivity index (χ1v) is 11.5. The van der Waals surface area contributed by atoms with Crippen molar-refractivity contribution < 1.29 is 16.8 Å². The quantitative estimate of drug-likeness (QED) is 0.800. The zero-order valence-electron chi connectivity index (χ0n) is 13.6. The topological polar surface area (TPSA) is 92.3 Å². The Morgan fingerprint density at radius 3 is 1.33 bits per heavy atom. The summed E-state index contributed by atoms with van der Waals surface area (Å²) >= 11 is 0. The van der Waals surface area contributed by atoms with Crippen LogP contribution < -0.4 is 9.44 Å². The van der Waals surface area contributed by atoms with Gasteiger partial charge < -0.3 is 0 Å². The first-order valence-electron chi connectivity index (χ1n) is 8.52. The number of nitrogens with one attached hydrogen (secondary N) is 2. The van der Waals surface area contributed by atoms with Gasteiger partial charge in [0.25, 0.3) is 0 Å². The van der Waals surface area contributed by atoms with Gasteiger partial charge in [0.15, 0.2) is 0 Å². The van der Waals surface area contributed by atoms with Crippen LogP contribution in [-0.4, -0.2) is 28.9 Å². The van der Waals surface area contributed by atoms with Crippen LogP contribution in [0.2, 0.25) is 0 Å². The van der Waals surface area contributed by atoms with Crippen molar-refractivity contribution >= 4 is 20.0 Å². The van der Waals surface area contributed by atoms with Crippen LogP contribution in [0.3, 0.4) is 0 Å². The molecule has 3 rings (SSSR count). The highest BCUT2D eigenvalue weighted by Gasteiger charge is 2.31. The molecule has 0 aliphatic heterocycles. The van der Waals surface area contributed by atoms with Gasteiger partial charge in [-0.1, -0.05) is 37.8 Å². The van der Waals surface area contributed by atoms with Gasteiger partial charge in [0.1, 0.15) is 9.79 Å². The van der Waals surface area contributed by atoms with E-state index >= 15 is 0 Å². The number of rotatable bonds is 6. The molecule has 2 saturated carbocycles. The van der Waals surface area contributed by atoms with Crippen molar-refractivity contribution in [3.05, 3.63) is 24.3 Å². The van der Waals surface area contributed by atoms with Gasteiger partial charge in [-0.25, -0.2) is 26.3 Å². The summed E-state index contributed by atoms with van der Waals surface area (Å²) in [5.74, 6) is 0. The smallest absolute Gasteiger partial charge is 0.208 e. The van der Waals surface area contributed by atoms with Crippen LogP contribution in [0.1, 0.15) is 51.4 Å². The third kappa shape index (κ3) is 3.99. The van der Waals surface area contributed by atoms with Crippen LogP contribution in [0, 0.1) is 0 Å². The molecule has 0 bridgehead atoms. The molecule has 1 aromatic rings. The van der Waals surface area contributed by atoms with Crippen molar-refractivity contribution in [2.24, 2.45) is 0 Å². The molecule has 6 nitrogen and oxygen atoms in total. The van der Waals surface area contributed by atoms with Crippen molar-refractivity contribution in [3.8, 4) is 0 Å². The van der Waals surface area contributed by atoms with Crippen LogP contribution in [0.5, 0.6) is 0 Å². The van der Waals surface area contributed by atoms with E-state index in [4.69, 9.17) is 0 Å². The van der Waals surface area contributed by atoms with Gasteiger partial charge in [-0.05, 0) is 37.8 Å². The molecule has 1 aromatic carbocycles. The Hall–Kier alpha value is -0.960. The lowest BCUT2D eigenvalue weighted by atomic mass is 10.3. The Labute approximate surface area is 144 Å². The van der Waals surface area contributed by atoms with Crippen molar-refractivity contribution in [1.82, 2.24) is 9.44 Å². The van der Waals surface area contributed by atoms with Crippen molar-refractivity contribution in [2.75, 3.05) is 0 Å². The highest BCUT2D eigenvalue weighted by atomic mass is 32.2. The van der Waals surface area contributed by atoms with Crippen molar-refractivity contribution in [1.29, 1.82) is 0 Å². The molecule has 0 spiro atoms. The average Bonchev–Trinajstić information content (AvgIpc) is 3.20. The molecule has 0 amide bonds. The maximum Gasteiger partial charge on any atom is 0.242 e. The fourth-order valence-corrected chi connectivity index (χ4v) is 6.99. The number of hydrogen-bond donors (Lipinski definition) is 2. The first kappa shape index (κ1) is 17.8. The zero-order chi connectivity index (χ0) is 17.2. The Balaban J connectivity index is 1.89. The summed E-state index contributed by atoms with van der Waals surface area (Å²) in [5, 5.41) is 0. The summed E-state index contributed by atoms with van der Waals surface area (Å²) in [6.45, 7) is 0. The lowest BCUT2D eigenvalue weighted by Gasteiger charge is -2.17. The van der Waals surface area contributed by atoms with Gasteiger partial charge in [-0.2, -0.15) is 0 Å². The van der Waals surface area contributed by atoms with E-state index in [1.165, 1.54) is 12.1 Å². The molecule has 0 unspecified atom stereocenters. The molecule has 134 valence electrons. The lowest BCUT2D eigenvalue weighted by Crippen LogP contribution is -2.36. The van der Waals surface area contributed by atoms with Crippen LogP contribution in [0.15, 0.2) is 34.1 Å². The Morgan fingerprint density at radius 2 is 1.00 bits per heavy atom. The van der Waals surface area contributed by atoms with Gasteiger partial charge >= 0.3 is 0 Å². The molecule has 0 atom stereocenters. The van der Waals surface area contributed by atoms with E-state index in [1.807, 2.05) is 0 Å². The summed E-state index contributed by atoms with van der Waals surface area (Å²) in [7, 11) is -7.72. The van der Waals surface area contributed by atoms with Gasteiger partial charge in [0.2, 0.25) is 20.0 Å². The fraction of sp³-hybridized carbons (Fsp3) is 0.625. The second kappa shape index (κ2) is 7.11. The van der Waals surface area contributed by atoms with E-state index in [-0.39, 0.29) is 21.9 Å². The van der Waals surface area contributed by atoms with Gasteiger partial charge in [-0.3, -0.25) is 0 Å². The van der Waals surface area contributed by atoms with Gasteiger partial charge in [0.05, 0.1) is 0 Å². The predicted molar refractivity (Wildman–Crippen MR) is 91.6 cm³/mol. The molecule has 2 fully saturated rings. The summed E-state index contributed by atoms with van der Waals surface area (Å²) in [6.07, 6.45) is 7.19. The third-order valence-electron chi connectivity index (χ3n) is 4.78. The van der Waals surface area contributed by atoms with Crippen molar-refractivity contribution in [3.63, 3.8) is 0 Å². The number of benzene rings is 1. The molecule has 0 radical (unpaired) electrons. The highest BCUT2D eigenvalue weighted by molar-refractivity contribution is 7.92. The summed E-state index contributed by atoms with van der Waals surface area (Å²) in [4.78, 5) is -0.329. The Kier molecular flexibility index (Phi) is 5.29. The van der Waals surface area contributed by atoms with Crippen LogP contribution in [0.25, 0.3) is 0 Å². The van der Waals surface area contributed by atoms with Gasteiger partial charge in [0, 0.05) is 12.1 Å². The summed E-state index contributed by atoms with van der Waals surface area (Å²) in [6, 6.07) is 5.62.